The Balaban J connectivity index is 1.14. The number of fused-ring (bicyclic) bond motifs is 6. The average molecular weight is 620 g/mol. The Bertz CT molecular complexity index is 2430. The molecule has 0 N–H and O–H groups in total. The molecular weight excluding hydrogens is 583 g/mol. The summed E-state index contributed by atoms with van der Waals surface area (Å²) in [5, 5.41) is 2.60. The van der Waals surface area contributed by atoms with Gasteiger partial charge in [0.1, 0.15) is 0 Å². The maximum Gasteiger partial charge on any atom is 0.0639 e. The number of hydrogen-bond donors (Lipinski definition) is 0. The molecule has 9 rings (SSSR count). The van der Waals surface area contributed by atoms with E-state index in [-0.39, 0.29) is 0 Å². The zero-order valence-corrected chi connectivity index (χ0v) is 27.2. The van der Waals surface area contributed by atoms with E-state index in [1.165, 1.54) is 78.0 Å². The van der Waals surface area contributed by atoms with Gasteiger partial charge in [0.05, 0.1) is 17.6 Å². The van der Waals surface area contributed by atoms with Crippen LogP contribution in [0.3, 0.4) is 0 Å². The highest BCUT2D eigenvalue weighted by atomic mass is 15.0. The van der Waals surface area contributed by atoms with Gasteiger partial charge in [-0.1, -0.05) is 91.0 Å². The van der Waals surface area contributed by atoms with Crippen LogP contribution in [-0.4, -0.2) is 15.3 Å². The monoisotopic (exact) mass is 619 g/mol. The van der Waals surface area contributed by atoms with Crippen LogP contribution in [-0.2, 0) is 19.4 Å². The van der Waals surface area contributed by atoms with E-state index in [9.17, 15) is 0 Å². The molecule has 2 aliphatic carbocycles. The summed E-state index contributed by atoms with van der Waals surface area (Å²) < 4.78 is 4.93. The maximum absolute atomic E-state index is 4.77. The van der Waals surface area contributed by atoms with Gasteiger partial charge in [-0.3, -0.25) is 4.99 Å². The topological polar surface area (TPSA) is 22.2 Å². The molecule has 2 aromatic heterocycles. The van der Waals surface area contributed by atoms with Crippen molar-refractivity contribution in [2.75, 3.05) is 0 Å². The van der Waals surface area contributed by atoms with E-state index in [2.05, 4.69) is 150 Å². The first-order valence-corrected chi connectivity index (χ1v) is 17.1. The van der Waals surface area contributed by atoms with Gasteiger partial charge >= 0.3 is 0 Å². The SMILES string of the molecule is Cc1ccccc1-n1c2ccccc2c2cc(C3=Cc4c(c5c(n4-c4cccc(C=NCc6ccccc6)c4)C=CCC5)CC3)ccc21. The molecule has 232 valence electrons. The Morgan fingerprint density at radius 3 is 2.40 bits per heavy atom. The number of hydrogen-bond acceptors (Lipinski definition) is 1. The van der Waals surface area contributed by atoms with Crippen molar-refractivity contribution in [3.05, 3.63) is 172 Å². The Morgan fingerprint density at radius 1 is 0.667 bits per heavy atom. The molecule has 0 radical (unpaired) electrons. The van der Waals surface area contributed by atoms with Gasteiger partial charge in [-0.15, -0.1) is 0 Å². The fourth-order valence-electron chi connectivity index (χ4n) is 7.85. The number of aryl methyl sites for hydroxylation is 1. The molecule has 0 saturated heterocycles. The minimum Gasteiger partial charge on any atom is -0.310 e. The van der Waals surface area contributed by atoms with E-state index in [4.69, 9.17) is 4.99 Å². The van der Waals surface area contributed by atoms with Crippen molar-refractivity contribution in [2.45, 2.75) is 39.2 Å². The van der Waals surface area contributed by atoms with Gasteiger partial charge in [0, 0.05) is 39.7 Å². The molecule has 0 saturated carbocycles. The average Bonchev–Trinajstić information content (AvgIpc) is 3.64. The van der Waals surface area contributed by atoms with Crippen LogP contribution in [0, 0.1) is 6.92 Å². The second kappa shape index (κ2) is 11.8. The van der Waals surface area contributed by atoms with Crippen LogP contribution >= 0.6 is 0 Å². The molecule has 2 aliphatic rings. The third kappa shape index (κ3) is 4.86. The second-order valence-electron chi connectivity index (χ2n) is 13.1. The second-order valence-corrected chi connectivity index (χ2v) is 13.1. The lowest BCUT2D eigenvalue weighted by Gasteiger charge is -2.18. The third-order valence-corrected chi connectivity index (χ3v) is 10.1. The lowest BCUT2D eigenvalue weighted by atomic mass is 9.88. The highest BCUT2D eigenvalue weighted by molar-refractivity contribution is 6.10. The Kier molecular flexibility index (Phi) is 7.04. The van der Waals surface area contributed by atoms with Crippen LogP contribution in [0.5, 0.6) is 0 Å². The predicted molar refractivity (Wildman–Crippen MR) is 203 cm³/mol. The number of benzene rings is 5. The fourth-order valence-corrected chi connectivity index (χ4v) is 7.85. The summed E-state index contributed by atoms with van der Waals surface area (Å²) in [4.78, 5) is 4.77. The van der Waals surface area contributed by atoms with E-state index in [0.717, 1.165) is 31.2 Å². The van der Waals surface area contributed by atoms with Gasteiger partial charge in [-0.2, -0.15) is 0 Å². The van der Waals surface area contributed by atoms with Gasteiger partial charge in [0.15, 0.2) is 0 Å². The van der Waals surface area contributed by atoms with E-state index in [1.807, 2.05) is 12.3 Å². The molecule has 7 aromatic rings. The summed E-state index contributed by atoms with van der Waals surface area (Å²) in [6.07, 6.45) is 13.5. The van der Waals surface area contributed by atoms with E-state index in [1.54, 1.807) is 0 Å². The Labute approximate surface area is 281 Å². The van der Waals surface area contributed by atoms with Crippen molar-refractivity contribution in [1.82, 2.24) is 9.13 Å². The number of rotatable bonds is 6. The molecule has 0 aliphatic heterocycles. The molecule has 0 atom stereocenters. The lowest BCUT2D eigenvalue weighted by molar-refractivity contribution is 0.928. The van der Waals surface area contributed by atoms with Crippen LogP contribution in [0.15, 0.2) is 132 Å². The third-order valence-electron chi connectivity index (χ3n) is 10.1. The number of aromatic nitrogens is 2. The highest BCUT2D eigenvalue weighted by Crippen LogP contribution is 2.41. The van der Waals surface area contributed by atoms with Crippen LogP contribution in [0.4, 0.5) is 0 Å². The Morgan fingerprint density at radius 2 is 1.48 bits per heavy atom. The lowest BCUT2D eigenvalue weighted by Crippen LogP contribution is -2.04. The zero-order valence-electron chi connectivity index (χ0n) is 27.2. The first kappa shape index (κ1) is 28.5. The molecule has 3 heteroatoms. The summed E-state index contributed by atoms with van der Waals surface area (Å²) in [6, 6.07) is 43.9. The van der Waals surface area contributed by atoms with Crippen LogP contribution < -0.4 is 0 Å². The van der Waals surface area contributed by atoms with Crippen LogP contribution in [0.2, 0.25) is 0 Å². The van der Waals surface area contributed by atoms with Crippen molar-refractivity contribution in [3.63, 3.8) is 0 Å². The quantitative estimate of drug-likeness (QED) is 0.165. The van der Waals surface area contributed by atoms with Crippen molar-refractivity contribution in [1.29, 1.82) is 0 Å². The molecule has 0 amide bonds. The van der Waals surface area contributed by atoms with E-state index < -0.39 is 0 Å². The zero-order chi connectivity index (χ0) is 32.0. The minimum atomic E-state index is 0.683. The summed E-state index contributed by atoms with van der Waals surface area (Å²) >= 11 is 0. The first-order valence-electron chi connectivity index (χ1n) is 17.1. The molecule has 5 aromatic carbocycles. The van der Waals surface area contributed by atoms with Crippen molar-refractivity contribution < 1.29 is 0 Å². The maximum atomic E-state index is 4.77. The molecule has 0 bridgehead atoms. The van der Waals surface area contributed by atoms with E-state index in [0.29, 0.717) is 6.54 Å². The van der Waals surface area contributed by atoms with Gasteiger partial charge < -0.3 is 9.13 Å². The predicted octanol–water partition coefficient (Wildman–Crippen LogP) is 10.9. The van der Waals surface area contributed by atoms with Crippen molar-refractivity contribution in [2.24, 2.45) is 4.99 Å². The standard InChI is InChI=1S/C45H37N3/c1-31-12-5-8-19-41(31)48-43-21-10-7-18-38(43)40-27-34(23-25-44(40)48)35-22-24-39-37-17-6-9-20-42(37)47(45(39)28-35)36-16-11-15-33(26-36)30-46-29-32-13-3-2-4-14-32/h2-5,7-16,18-21,23,25-28,30H,6,17,22,24,29H2,1H3. The number of allylic oxidation sites excluding steroid dienone is 2. The fraction of sp³-hybridized carbons (Fsp3) is 0.133. The van der Waals surface area contributed by atoms with Crippen LogP contribution in [0.1, 0.15) is 57.6 Å². The molecule has 0 spiro atoms. The summed E-state index contributed by atoms with van der Waals surface area (Å²) in [5.74, 6) is 0. The van der Waals surface area contributed by atoms with Crippen molar-refractivity contribution >= 4 is 45.7 Å². The molecule has 48 heavy (non-hydrogen) atoms. The molecular formula is C45H37N3. The number of nitrogens with zero attached hydrogens (tertiary/aromatic N) is 3. The number of para-hydroxylation sites is 2. The van der Waals surface area contributed by atoms with Gasteiger partial charge in [0.25, 0.3) is 0 Å². The largest absolute Gasteiger partial charge is 0.310 e. The smallest absolute Gasteiger partial charge is 0.0639 e. The van der Waals surface area contributed by atoms with Crippen molar-refractivity contribution in [3.8, 4) is 11.4 Å². The summed E-state index contributed by atoms with van der Waals surface area (Å²) in [7, 11) is 0. The minimum absolute atomic E-state index is 0.683. The summed E-state index contributed by atoms with van der Waals surface area (Å²) in [6.45, 7) is 2.88. The molecule has 3 nitrogen and oxygen atoms in total. The summed E-state index contributed by atoms with van der Waals surface area (Å²) in [5.41, 5.74) is 16.9. The Hall–Kier alpha value is -5.67. The van der Waals surface area contributed by atoms with Crippen LogP contribution in [0.25, 0.3) is 50.9 Å². The highest BCUT2D eigenvalue weighted by Gasteiger charge is 2.26. The van der Waals surface area contributed by atoms with Gasteiger partial charge in [-0.25, -0.2) is 0 Å². The molecule has 0 unspecified atom stereocenters. The number of aliphatic imine (C=N–C) groups is 1. The normalized spacial score (nSPS) is 14.1. The van der Waals surface area contributed by atoms with Gasteiger partial charge in [-0.05, 0) is 120 Å². The molecule has 0 fully saturated rings. The molecule has 2 heterocycles. The van der Waals surface area contributed by atoms with Gasteiger partial charge in [0.2, 0.25) is 0 Å². The van der Waals surface area contributed by atoms with E-state index >= 15 is 0 Å². The first-order chi connectivity index (χ1) is 23.7.